The monoisotopic (exact) mass is 424 g/mol. The average molecular weight is 424 g/mol. The van der Waals surface area contributed by atoms with Crippen molar-refractivity contribution >= 4 is 34.2 Å². The molecular weight excluding hydrogens is 408 g/mol. The Morgan fingerprint density at radius 2 is 2.00 bits per heavy atom. The molecule has 3 aromatic rings. The van der Waals surface area contributed by atoms with Crippen LogP contribution in [0.25, 0.3) is 11.3 Å². The van der Waals surface area contributed by atoms with E-state index >= 15 is 0 Å². The van der Waals surface area contributed by atoms with Gasteiger partial charge >= 0.3 is 11.9 Å². The largest absolute Gasteiger partial charge is 0.464 e. The number of hydrogen-bond acceptors (Lipinski definition) is 8. The van der Waals surface area contributed by atoms with Crippen LogP contribution in [-0.2, 0) is 14.3 Å². The molecule has 1 aromatic carbocycles. The number of ether oxygens (including phenoxy) is 2. The number of amides is 1. The Morgan fingerprint density at radius 1 is 1.17 bits per heavy atom. The van der Waals surface area contributed by atoms with Gasteiger partial charge in [-0.2, -0.15) is 5.26 Å². The third-order valence-electron chi connectivity index (χ3n) is 3.87. The lowest BCUT2D eigenvalue weighted by molar-refractivity contribution is -0.119. The number of hydrogen-bond donors (Lipinski definition) is 1. The quantitative estimate of drug-likeness (QED) is 0.572. The fraction of sp³-hybridized carbons (Fsp3) is 0.143. The average Bonchev–Trinajstić information content (AvgIpc) is 3.42. The van der Waals surface area contributed by atoms with E-state index in [1.165, 1.54) is 18.4 Å². The molecule has 2 heterocycles. The minimum atomic E-state index is -0.740. The van der Waals surface area contributed by atoms with Crippen LogP contribution in [0.5, 0.6) is 0 Å². The Balaban J connectivity index is 1.71. The highest BCUT2D eigenvalue weighted by molar-refractivity contribution is 7.15. The van der Waals surface area contributed by atoms with E-state index in [1.807, 2.05) is 6.07 Å². The zero-order valence-electron chi connectivity index (χ0n) is 15.8. The molecule has 0 radical (unpaired) electrons. The number of nitrogens with one attached hydrogen (secondary N) is 1. The van der Waals surface area contributed by atoms with Crippen molar-refractivity contribution in [1.82, 2.24) is 0 Å². The fourth-order valence-electron chi connectivity index (χ4n) is 2.56. The molecule has 1 N–H and O–H groups in total. The number of carbonyl (C=O) groups is 3. The first-order valence-electron chi connectivity index (χ1n) is 8.83. The molecule has 9 heteroatoms. The Labute approximate surface area is 175 Å². The SMILES string of the molecule is CCOC(=O)c1c(-c2ccco2)csc1NC(=O)COC(=O)c1cccc(C#N)c1. The first kappa shape index (κ1) is 20.8. The van der Waals surface area contributed by atoms with Gasteiger partial charge in [0.25, 0.3) is 5.91 Å². The second-order valence-corrected chi connectivity index (χ2v) is 6.75. The van der Waals surface area contributed by atoms with Crippen LogP contribution in [0.1, 0.15) is 33.2 Å². The highest BCUT2D eigenvalue weighted by atomic mass is 32.1. The lowest BCUT2D eigenvalue weighted by Crippen LogP contribution is -2.21. The lowest BCUT2D eigenvalue weighted by atomic mass is 10.1. The van der Waals surface area contributed by atoms with Crippen LogP contribution in [0.3, 0.4) is 0 Å². The number of rotatable bonds is 7. The molecule has 0 saturated heterocycles. The first-order chi connectivity index (χ1) is 14.5. The molecule has 0 bridgehead atoms. The molecule has 0 atom stereocenters. The van der Waals surface area contributed by atoms with Gasteiger partial charge in [0, 0.05) is 10.9 Å². The van der Waals surface area contributed by atoms with Gasteiger partial charge in [-0.15, -0.1) is 11.3 Å². The van der Waals surface area contributed by atoms with Crippen LogP contribution in [0.2, 0.25) is 0 Å². The van der Waals surface area contributed by atoms with Crippen molar-refractivity contribution in [2.45, 2.75) is 6.92 Å². The van der Waals surface area contributed by atoms with Crippen LogP contribution < -0.4 is 5.32 Å². The summed E-state index contributed by atoms with van der Waals surface area (Å²) in [6.45, 7) is 1.28. The molecule has 1 amide bonds. The number of nitriles is 1. The zero-order chi connectivity index (χ0) is 21.5. The van der Waals surface area contributed by atoms with E-state index in [0.717, 1.165) is 11.3 Å². The van der Waals surface area contributed by atoms with Gasteiger partial charge in [-0.3, -0.25) is 4.79 Å². The van der Waals surface area contributed by atoms with Crippen molar-refractivity contribution in [3.8, 4) is 17.4 Å². The number of thiophene rings is 1. The number of nitrogens with zero attached hydrogens (tertiary/aromatic N) is 1. The summed E-state index contributed by atoms with van der Waals surface area (Å²) in [6.07, 6.45) is 1.47. The highest BCUT2D eigenvalue weighted by Crippen LogP contribution is 2.36. The van der Waals surface area contributed by atoms with Crippen molar-refractivity contribution < 1.29 is 28.3 Å². The van der Waals surface area contributed by atoms with Crippen molar-refractivity contribution in [2.24, 2.45) is 0 Å². The van der Waals surface area contributed by atoms with Gasteiger partial charge in [-0.1, -0.05) is 6.07 Å². The predicted octanol–water partition coefficient (Wildman–Crippen LogP) is 3.85. The molecule has 152 valence electrons. The maximum Gasteiger partial charge on any atom is 0.341 e. The van der Waals surface area contributed by atoms with Crippen LogP contribution in [0.15, 0.2) is 52.5 Å². The smallest absolute Gasteiger partial charge is 0.341 e. The van der Waals surface area contributed by atoms with E-state index in [-0.39, 0.29) is 22.7 Å². The fourth-order valence-corrected chi connectivity index (χ4v) is 3.52. The van der Waals surface area contributed by atoms with Gasteiger partial charge in [0.15, 0.2) is 6.61 Å². The molecule has 30 heavy (non-hydrogen) atoms. The summed E-state index contributed by atoms with van der Waals surface area (Å²) in [5.41, 5.74) is 1.12. The minimum Gasteiger partial charge on any atom is -0.464 e. The van der Waals surface area contributed by atoms with Crippen molar-refractivity contribution in [3.05, 3.63) is 64.7 Å². The van der Waals surface area contributed by atoms with Gasteiger partial charge < -0.3 is 19.2 Å². The second kappa shape index (κ2) is 9.54. The Kier molecular flexibility index (Phi) is 6.62. The maximum absolute atomic E-state index is 12.4. The molecule has 0 unspecified atom stereocenters. The minimum absolute atomic E-state index is 0.158. The van der Waals surface area contributed by atoms with E-state index in [0.29, 0.717) is 16.9 Å². The Hall–Kier alpha value is -3.90. The normalized spacial score (nSPS) is 10.1. The maximum atomic E-state index is 12.4. The number of carbonyl (C=O) groups excluding carboxylic acids is 3. The summed E-state index contributed by atoms with van der Waals surface area (Å²) >= 11 is 1.12. The number of benzene rings is 1. The summed E-state index contributed by atoms with van der Waals surface area (Å²) in [4.78, 5) is 36.8. The van der Waals surface area contributed by atoms with Crippen LogP contribution >= 0.6 is 11.3 Å². The van der Waals surface area contributed by atoms with E-state index in [4.69, 9.17) is 19.2 Å². The molecule has 0 fully saturated rings. The standard InChI is InChI=1S/C21H16N2O6S/c1-2-27-21(26)18-15(16-7-4-8-28-16)12-30-19(18)23-17(24)11-29-20(25)14-6-3-5-13(9-14)10-22/h3-9,12H,2,11H2,1H3,(H,23,24). The van der Waals surface area contributed by atoms with Crippen LogP contribution in [0.4, 0.5) is 5.00 Å². The summed E-state index contributed by atoms with van der Waals surface area (Å²) in [6, 6.07) is 11.2. The van der Waals surface area contributed by atoms with Crippen molar-refractivity contribution in [1.29, 1.82) is 5.26 Å². The third-order valence-corrected chi connectivity index (χ3v) is 4.77. The molecule has 0 saturated carbocycles. The third kappa shape index (κ3) is 4.74. The highest BCUT2D eigenvalue weighted by Gasteiger charge is 2.24. The van der Waals surface area contributed by atoms with E-state index in [1.54, 1.807) is 36.6 Å². The first-order valence-corrected chi connectivity index (χ1v) is 9.71. The lowest BCUT2D eigenvalue weighted by Gasteiger charge is -2.08. The summed E-state index contributed by atoms with van der Waals surface area (Å²) in [5.74, 6) is -1.52. The van der Waals surface area contributed by atoms with Gasteiger partial charge in [-0.25, -0.2) is 9.59 Å². The van der Waals surface area contributed by atoms with E-state index in [2.05, 4.69) is 5.32 Å². The topological polar surface area (TPSA) is 119 Å². The molecule has 2 aromatic heterocycles. The van der Waals surface area contributed by atoms with Gasteiger partial charge in [0.2, 0.25) is 0 Å². The van der Waals surface area contributed by atoms with Crippen molar-refractivity contribution in [3.63, 3.8) is 0 Å². The summed E-state index contributed by atoms with van der Waals surface area (Å²) in [5, 5.41) is 13.4. The molecule has 0 aliphatic heterocycles. The van der Waals surface area contributed by atoms with E-state index < -0.39 is 24.5 Å². The molecule has 0 aliphatic rings. The molecular formula is C21H16N2O6S. The predicted molar refractivity (Wildman–Crippen MR) is 108 cm³/mol. The molecule has 0 aliphatic carbocycles. The zero-order valence-corrected chi connectivity index (χ0v) is 16.7. The Morgan fingerprint density at radius 3 is 2.70 bits per heavy atom. The number of anilines is 1. The van der Waals surface area contributed by atoms with Crippen LogP contribution in [0, 0.1) is 11.3 Å². The van der Waals surface area contributed by atoms with Gasteiger partial charge in [-0.05, 0) is 37.3 Å². The Bertz CT molecular complexity index is 1110. The number of esters is 2. The van der Waals surface area contributed by atoms with Gasteiger partial charge in [0.05, 0.1) is 30.1 Å². The summed E-state index contributed by atoms with van der Waals surface area (Å²) in [7, 11) is 0. The van der Waals surface area contributed by atoms with Crippen molar-refractivity contribution in [2.75, 3.05) is 18.5 Å². The van der Waals surface area contributed by atoms with Gasteiger partial charge in [0.1, 0.15) is 16.3 Å². The van der Waals surface area contributed by atoms with E-state index in [9.17, 15) is 14.4 Å². The molecule has 3 rings (SSSR count). The molecule has 0 spiro atoms. The number of furan rings is 1. The molecule has 8 nitrogen and oxygen atoms in total. The second-order valence-electron chi connectivity index (χ2n) is 5.87. The summed E-state index contributed by atoms with van der Waals surface area (Å²) < 4.78 is 15.4. The van der Waals surface area contributed by atoms with Crippen LogP contribution in [-0.4, -0.2) is 31.1 Å².